The monoisotopic (exact) mass is 142 g/mol. The molecule has 0 aromatic carbocycles. The molecule has 2 nitrogen and oxygen atoms in total. The van der Waals surface area contributed by atoms with Crippen molar-refractivity contribution >= 4 is 0 Å². The van der Waals surface area contributed by atoms with E-state index in [0.717, 1.165) is 24.8 Å². The van der Waals surface area contributed by atoms with Crippen molar-refractivity contribution in [3.8, 4) is 0 Å². The van der Waals surface area contributed by atoms with E-state index in [2.05, 4.69) is 0 Å². The molecule has 0 radical (unpaired) electrons. The average molecular weight is 142 g/mol. The maximum absolute atomic E-state index is 9.29. The lowest BCUT2D eigenvalue weighted by atomic mass is 10.2. The van der Waals surface area contributed by atoms with E-state index in [1.165, 1.54) is 0 Å². The summed E-state index contributed by atoms with van der Waals surface area (Å²) < 4.78 is 4.86. The van der Waals surface area contributed by atoms with Crippen molar-refractivity contribution in [2.24, 2.45) is 0 Å². The van der Waals surface area contributed by atoms with Gasteiger partial charge in [-0.25, -0.2) is 0 Å². The first-order valence-electron chi connectivity index (χ1n) is 3.70. The van der Waals surface area contributed by atoms with Crippen LogP contribution in [0.1, 0.15) is 19.3 Å². The fourth-order valence-corrected chi connectivity index (χ4v) is 1.28. The summed E-state index contributed by atoms with van der Waals surface area (Å²) in [4.78, 5) is 0. The number of aliphatic hydroxyl groups is 1. The van der Waals surface area contributed by atoms with Crippen molar-refractivity contribution in [3.05, 3.63) is 11.6 Å². The molecular weight excluding hydrogens is 128 g/mol. The Hall–Kier alpha value is -0.340. The molecule has 1 atom stereocenters. The highest BCUT2D eigenvalue weighted by Crippen LogP contribution is 2.23. The molecule has 0 bridgehead atoms. The second-order valence-corrected chi connectivity index (χ2v) is 2.64. The van der Waals surface area contributed by atoms with Crippen LogP contribution in [-0.2, 0) is 4.74 Å². The van der Waals surface area contributed by atoms with Gasteiger partial charge in [0.2, 0.25) is 0 Å². The van der Waals surface area contributed by atoms with Crippen molar-refractivity contribution in [3.63, 3.8) is 0 Å². The van der Waals surface area contributed by atoms with Crippen LogP contribution in [0.5, 0.6) is 0 Å². The van der Waals surface area contributed by atoms with Crippen molar-refractivity contribution in [1.29, 1.82) is 0 Å². The van der Waals surface area contributed by atoms with E-state index in [1.54, 1.807) is 7.11 Å². The fraction of sp³-hybridized carbons (Fsp3) is 0.750. The lowest BCUT2D eigenvalue weighted by Crippen LogP contribution is -2.02. The molecule has 1 aliphatic rings. The Labute approximate surface area is 61.5 Å². The van der Waals surface area contributed by atoms with Gasteiger partial charge in [0.15, 0.2) is 0 Å². The van der Waals surface area contributed by atoms with Gasteiger partial charge in [0, 0.05) is 7.11 Å². The summed E-state index contributed by atoms with van der Waals surface area (Å²) in [7, 11) is 1.67. The van der Waals surface area contributed by atoms with Crippen LogP contribution in [0.4, 0.5) is 0 Å². The maximum Gasteiger partial charge on any atom is 0.0751 e. The smallest absolute Gasteiger partial charge is 0.0751 e. The first kappa shape index (κ1) is 7.76. The topological polar surface area (TPSA) is 29.5 Å². The largest absolute Gasteiger partial charge is 0.389 e. The fourth-order valence-electron chi connectivity index (χ4n) is 1.28. The van der Waals surface area contributed by atoms with E-state index in [4.69, 9.17) is 4.74 Å². The molecule has 0 aromatic heterocycles. The number of rotatable bonds is 2. The Kier molecular flexibility index (Phi) is 2.90. The van der Waals surface area contributed by atoms with E-state index in [0.29, 0.717) is 6.61 Å². The lowest BCUT2D eigenvalue weighted by molar-refractivity contribution is 0.210. The molecule has 10 heavy (non-hydrogen) atoms. The molecule has 0 aromatic rings. The molecule has 1 rings (SSSR count). The molecule has 0 heterocycles. The summed E-state index contributed by atoms with van der Waals surface area (Å²) in [5, 5.41) is 9.29. The third-order valence-electron chi connectivity index (χ3n) is 1.88. The van der Waals surface area contributed by atoms with Crippen LogP contribution in [0.25, 0.3) is 0 Å². The second-order valence-electron chi connectivity index (χ2n) is 2.64. The van der Waals surface area contributed by atoms with Crippen LogP contribution in [0.15, 0.2) is 11.6 Å². The molecule has 0 aliphatic heterocycles. The summed E-state index contributed by atoms with van der Waals surface area (Å²) in [6.45, 7) is 0.631. The van der Waals surface area contributed by atoms with Gasteiger partial charge in [0.05, 0.1) is 12.7 Å². The molecule has 58 valence electrons. The summed E-state index contributed by atoms with van der Waals surface area (Å²) >= 11 is 0. The van der Waals surface area contributed by atoms with Gasteiger partial charge < -0.3 is 9.84 Å². The van der Waals surface area contributed by atoms with Crippen molar-refractivity contribution in [2.45, 2.75) is 25.4 Å². The van der Waals surface area contributed by atoms with Gasteiger partial charge in [-0.3, -0.25) is 0 Å². The lowest BCUT2D eigenvalue weighted by Gasteiger charge is -2.01. The van der Waals surface area contributed by atoms with Crippen molar-refractivity contribution in [1.82, 2.24) is 0 Å². The summed E-state index contributed by atoms with van der Waals surface area (Å²) in [6.07, 6.45) is 4.89. The van der Waals surface area contributed by atoms with Crippen LogP contribution >= 0.6 is 0 Å². The highest BCUT2D eigenvalue weighted by atomic mass is 16.5. The van der Waals surface area contributed by atoms with E-state index < -0.39 is 0 Å². The highest BCUT2D eigenvalue weighted by Gasteiger charge is 2.16. The zero-order valence-electron chi connectivity index (χ0n) is 6.34. The zero-order chi connectivity index (χ0) is 7.40. The van der Waals surface area contributed by atoms with Gasteiger partial charge in [-0.1, -0.05) is 6.08 Å². The van der Waals surface area contributed by atoms with E-state index in [9.17, 15) is 5.11 Å². The van der Waals surface area contributed by atoms with Gasteiger partial charge in [-0.15, -0.1) is 0 Å². The molecule has 0 amide bonds. The van der Waals surface area contributed by atoms with Crippen molar-refractivity contribution in [2.75, 3.05) is 13.7 Å². The number of methoxy groups -OCH3 is 1. The second kappa shape index (κ2) is 3.74. The van der Waals surface area contributed by atoms with Crippen LogP contribution in [0.2, 0.25) is 0 Å². The zero-order valence-corrected chi connectivity index (χ0v) is 6.34. The minimum Gasteiger partial charge on any atom is -0.389 e. The normalized spacial score (nSPS) is 29.8. The Bertz CT molecular complexity index is 129. The Morgan fingerprint density at radius 1 is 1.80 bits per heavy atom. The Balaban J connectivity index is 2.38. The highest BCUT2D eigenvalue weighted by molar-refractivity contribution is 5.12. The molecule has 0 spiro atoms. The Morgan fingerprint density at radius 3 is 3.10 bits per heavy atom. The minimum atomic E-state index is -0.185. The quantitative estimate of drug-likeness (QED) is 0.585. The number of hydrogen-bond acceptors (Lipinski definition) is 2. The first-order chi connectivity index (χ1) is 4.84. The van der Waals surface area contributed by atoms with E-state index in [1.807, 2.05) is 6.08 Å². The maximum atomic E-state index is 9.29. The number of hydrogen-bond donors (Lipinski definition) is 1. The molecule has 0 saturated heterocycles. The molecular formula is C8H14O2. The molecule has 1 saturated carbocycles. The SMILES string of the molecule is COC/C=C1/CCCC1O. The van der Waals surface area contributed by atoms with Gasteiger partial charge in [0.25, 0.3) is 0 Å². The standard InChI is InChI=1S/C8H14O2/c1-10-6-5-7-3-2-4-8(7)9/h5,8-9H,2-4,6H2,1H3/b7-5-. The Morgan fingerprint density at radius 2 is 2.60 bits per heavy atom. The summed E-state index contributed by atoms with van der Waals surface area (Å²) in [5.41, 5.74) is 1.15. The van der Waals surface area contributed by atoms with Crippen LogP contribution in [0.3, 0.4) is 0 Å². The van der Waals surface area contributed by atoms with Gasteiger partial charge in [0.1, 0.15) is 0 Å². The molecule has 1 unspecified atom stereocenters. The number of ether oxygens (including phenoxy) is 1. The predicted molar refractivity (Wildman–Crippen MR) is 39.8 cm³/mol. The third kappa shape index (κ3) is 1.82. The summed E-state index contributed by atoms with van der Waals surface area (Å²) in [6, 6.07) is 0. The van der Waals surface area contributed by atoms with Crippen LogP contribution < -0.4 is 0 Å². The first-order valence-corrected chi connectivity index (χ1v) is 3.70. The van der Waals surface area contributed by atoms with E-state index in [-0.39, 0.29) is 6.10 Å². The third-order valence-corrected chi connectivity index (χ3v) is 1.88. The van der Waals surface area contributed by atoms with Gasteiger partial charge in [-0.2, -0.15) is 0 Å². The van der Waals surface area contributed by atoms with Crippen LogP contribution in [0, 0.1) is 0 Å². The molecule has 1 aliphatic carbocycles. The number of aliphatic hydroxyl groups excluding tert-OH is 1. The molecule has 1 fully saturated rings. The van der Waals surface area contributed by atoms with Crippen molar-refractivity contribution < 1.29 is 9.84 Å². The van der Waals surface area contributed by atoms with Crippen LogP contribution in [-0.4, -0.2) is 24.9 Å². The van der Waals surface area contributed by atoms with E-state index >= 15 is 0 Å². The summed E-state index contributed by atoms with van der Waals surface area (Å²) in [5.74, 6) is 0. The van der Waals surface area contributed by atoms with Gasteiger partial charge >= 0.3 is 0 Å². The molecule has 2 heteroatoms. The molecule has 1 N–H and O–H groups in total. The van der Waals surface area contributed by atoms with Gasteiger partial charge in [-0.05, 0) is 24.8 Å². The minimum absolute atomic E-state index is 0.185. The predicted octanol–water partition coefficient (Wildman–Crippen LogP) is 1.10. The average Bonchev–Trinajstić information content (AvgIpc) is 2.31.